The van der Waals surface area contributed by atoms with E-state index < -0.39 is 0 Å². The molecule has 0 saturated carbocycles. The second kappa shape index (κ2) is 7.58. The fourth-order valence-corrected chi connectivity index (χ4v) is 3.49. The van der Waals surface area contributed by atoms with E-state index in [9.17, 15) is 0 Å². The molecule has 0 amide bonds. The van der Waals surface area contributed by atoms with Crippen LogP contribution in [0.2, 0.25) is 10.0 Å². The maximum atomic E-state index is 6.17. The van der Waals surface area contributed by atoms with E-state index in [1.165, 1.54) is 0 Å². The number of benzene rings is 2. The Morgan fingerprint density at radius 3 is 2.32 bits per heavy atom. The normalized spacial score (nSPS) is 10.9. The lowest BCUT2D eigenvalue weighted by molar-refractivity contribution is 0.419. The maximum absolute atomic E-state index is 6.17. The van der Waals surface area contributed by atoms with Crippen molar-refractivity contribution in [2.24, 2.45) is 0 Å². The fraction of sp³-hybridized carbons (Fsp3) is 0.100. The van der Waals surface area contributed by atoms with Gasteiger partial charge in [-0.05, 0) is 41.5 Å². The van der Waals surface area contributed by atoms with E-state index in [-0.39, 0.29) is 0 Å². The van der Waals surface area contributed by atoms with Crippen LogP contribution in [0.1, 0.15) is 0 Å². The molecule has 28 heavy (non-hydrogen) atoms. The zero-order valence-corrected chi connectivity index (χ0v) is 16.6. The number of fused-ring (bicyclic) bond motifs is 1. The largest absolute Gasteiger partial charge is 0.494 e. The van der Waals surface area contributed by atoms with Gasteiger partial charge in [0, 0.05) is 34.9 Å². The summed E-state index contributed by atoms with van der Waals surface area (Å²) in [5.74, 6) is 1.72. The number of ether oxygens (including phenoxy) is 1. The third kappa shape index (κ3) is 3.44. The molecule has 0 fully saturated rings. The molecule has 0 bridgehead atoms. The lowest BCUT2D eigenvalue weighted by atomic mass is 10.0. The summed E-state index contributed by atoms with van der Waals surface area (Å²) < 4.78 is 5.62. The van der Waals surface area contributed by atoms with Gasteiger partial charge in [0.15, 0.2) is 5.82 Å². The molecule has 2 aromatic carbocycles. The first-order chi connectivity index (χ1) is 13.6. The lowest BCUT2D eigenvalue weighted by Gasteiger charge is -2.13. The van der Waals surface area contributed by atoms with Crippen molar-refractivity contribution >= 4 is 39.9 Å². The van der Waals surface area contributed by atoms with Crippen molar-refractivity contribution in [1.29, 1.82) is 0 Å². The standard InChI is InChI=1S/C20H15Cl2N5O/c1-23-19-15-7-12(11-5-13(21)9-14(22)6-11)8-17(28-2)18(15)26-20(27-19)16-10-24-3-4-25-16/h3-10H,1-2H3,(H,23,26,27). The average molecular weight is 412 g/mol. The molecule has 0 aliphatic carbocycles. The van der Waals surface area contributed by atoms with E-state index in [0.29, 0.717) is 38.6 Å². The zero-order chi connectivity index (χ0) is 19.7. The van der Waals surface area contributed by atoms with Gasteiger partial charge < -0.3 is 10.1 Å². The number of nitrogens with one attached hydrogen (secondary N) is 1. The van der Waals surface area contributed by atoms with Crippen LogP contribution in [-0.2, 0) is 0 Å². The summed E-state index contributed by atoms with van der Waals surface area (Å²) in [6, 6.07) is 9.27. The highest BCUT2D eigenvalue weighted by molar-refractivity contribution is 6.35. The molecule has 1 N–H and O–H groups in total. The first kappa shape index (κ1) is 18.4. The SMILES string of the molecule is CNc1nc(-c2cnccn2)nc2c(OC)cc(-c3cc(Cl)cc(Cl)c3)cc12. The van der Waals surface area contributed by atoms with Crippen LogP contribution < -0.4 is 10.1 Å². The van der Waals surface area contributed by atoms with Gasteiger partial charge in [0.05, 0.1) is 13.3 Å². The number of nitrogens with zero attached hydrogens (tertiary/aromatic N) is 4. The Balaban J connectivity index is 1.98. The number of methoxy groups -OCH3 is 1. The van der Waals surface area contributed by atoms with Gasteiger partial charge in [-0.25, -0.2) is 15.0 Å². The monoisotopic (exact) mass is 411 g/mol. The Hall–Kier alpha value is -2.96. The molecule has 0 saturated heterocycles. The Morgan fingerprint density at radius 1 is 0.929 bits per heavy atom. The molecule has 8 heteroatoms. The van der Waals surface area contributed by atoms with Crippen molar-refractivity contribution in [3.05, 3.63) is 59.0 Å². The molecule has 4 rings (SSSR count). The minimum atomic E-state index is 0.460. The van der Waals surface area contributed by atoms with E-state index in [2.05, 4.69) is 25.3 Å². The first-order valence-corrected chi connectivity index (χ1v) is 9.15. The molecule has 6 nitrogen and oxygen atoms in total. The van der Waals surface area contributed by atoms with Crippen molar-refractivity contribution in [3.63, 3.8) is 0 Å². The summed E-state index contributed by atoms with van der Waals surface area (Å²) in [7, 11) is 3.41. The highest BCUT2D eigenvalue weighted by Gasteiger charge is 2.16. The number of hydrogen-bond donors (Lipinski definition) is 1. The second-order valence-electron chi connectivity index (χ2n) is 5.97. The molecule has 0 aliphatic rings. The number of anilines is 1. The van der Waals surface area contributed by atoms with E-state index in [0.717, 1.165) is 16.5 Å². The van der Waals surface area contributed by atoms with Crippen LogP contribution in [0.5, 0.6) is 5.75 Å². The van der Waals surface area contributed by atoms with Crippen molar-refractivity contribution in [2.45, 2.75) is 0 Å². The van der Waals surface area contributed by atoms with E-state index in [1.54, 1.807) is 38.8 Å². The van der Waals surface area contributed by atoms with Crippen LogP contribution in [-0.4, -0.2) is 34.1 Å². The molecule has 0 radical (unpaired) electrons. The molecule has 0 atom stereocenters. The topological polar surface area (TPSA) is 72.8 Å². The molecular weight excluding hydrogens is 397 g/mol. The molecule has 2 aromatic heterocycles. The van der Waals surface area contributed by atoms with Crippen molar-refractivity contribution in [2.75, 3.05) is 19.5 Å². The molecule has 4 aromatic rings. The van der Waals surface area contributed by atoms with Gasteiger partial charge >= 0.3 is 0 Å². The van der Waals surface area contributed by atoms with Gasteiger partial charge in [-0.3, -0.25) is 4.98 Å². The molecule has 140 valence electrons. The van der Waals surface area contributed by atoms with Gasteiger partial charge in [-0.1, -0.05) is 23.2 Å². The number of hydrogen-bond acceptors (Lipinski definition) is 6. The van der Waals surface area contributed by atoms with Gasteiger partial charge in [0.2, 0.25) is 0 Å². The van der Waals surface area contributed by atoms with Crippen LogP contribution in [0.25, 0.3) is 33.5 Å². The van der Waals surface area contributed by atoms with Crippen LogP contribution in [0.15, 0.2) is 48.9 Å². The van der Waals surface area contributed by atoms with Gasteiger partial charge in [0.25, 0.3) is 0 Å². The van der Waals surface area contributed by atoms with Crippen molar-refractivity contribution in [3.8, 4) is 28.4 Å². The minimum absolute atomic E-state index is 0.460. The van der Waals surface area contributed by atoms with Crippen LogP contribution in [0.3, 0.4) is 0 Å². The third-order valence-electron chi connectivity index (χ3n) is 4.21. The molecule has 2 heterocycles. The zero-order valence-electron chi connectivity index (χ0n) is 15.1. The van der Waals surface area contributed by atoms with Crippen LogP contribution in [0, 0.1) is 0 Å². The highest BCUT2D eigenvalue weighted by Crippen LogP contribution is 2.37. The summed E-state index contributed by atoms with van der Waals surface area (Å²) in [6.07, 6.45) is 4.83. The van der Waals surface area contributed by atoms with Gasteiger partial charge in [-0.15, -0.1) is 0 Å². The van der Waals surface area contributed by atoms with E-state index in [4.69, 9.17) is 27.9 Å². The van der Waals surface area contributed by atoms with Gasteiger partial charge in [0.1, 0.15) is 22.8 Å². The molecule has 0 unspecified atom stereocenters. The predicted octanol–water partition coefficient (Wildman–Crippen LogP) is 5.11. The quantitative estimate of drug-likeness (QED) is 0.502. The summed E-state index contributed by atoms with van der Waals surface area (Å²) in [6.45, 7) is 0. The predicted molar refractivity (Wildman–Crippen MR) is 112 cm³/mol. The molecule has 0 aliphatic heterocycles. The molecular formula is C20H15Cl2N5O. The van der Waals surface area contributed by atoms with E-state index in [1.807, 2.05) is 24.3 Å². The molecule has 0 spiro atoms. The Labute approximate surface area is 171 Å². The van der Waals surface area contributed by atoms with Crippen molar-refractivity contribution in [1.82, 2.24) is 19.9 Å². The summed E-state index contributed by atoms with van der Waals surface area (Å²) in [5.41, 5.74) is 3.01. The Bertz CT molecular complexity index is 1150. The maximum Gasteiger partial charge on any atom is 0.182 e. The number of rotatable bonds is 4. The average Bonchev–Trinajstić information content (AvgIpc) is 2.72. The van der Waals surface area contributed by atoms with Crippen LogP contribution in [0.4, 0.5) is 5.82 Å². The van der Waals surface area contributed by atoms with Crippen LogP contribution >= 0.6 is 23.2 Å². The second-order valence-corrected chi connectivity index (χ2v) is 6.84. The minimum Gasteiger partial charge on any atom is -0.494 e. The summed E-state index contributed by atoms with van der Waals surface area (Å²) in [5, 5.41) is 5.05. The fourth-order valence-electron chi connectivity index (χ4n) is 2.96. The summed E-state index contributed by atoms with van der Waals surface area (Å²) >= 11 is 12.3. The Kier molecular flexibility index (Phi) is 4.98. The van der Waals surface area contributed by atoms with Gasteiger partial charge in [-0.2, -0.15) is 0 Å². The summed E-state index contributed by atoms with van der Waals surface area (Å²) in [4.78, 5) is 17.6. The van der Waals surface area contributed by atoms with E-state index >= 15 is 0 Å². The lowest BCUT2D eigenvalue weighted by Crippen LogP contribution is -2.01. The van der Waals surface area contributed by atoms with Crippen molar-refractivity contribution < 1.29 is 4.74 Å². The highest BCUT2D eigenvalue weighted by atomic mass is 35.5. The number of aromatic nitrogens is 4. The third-order valence-corrected chi connectivity index (χ3v) is 4.65. The number of halogens is 2. The Morgan fingerprint density at radius 2 is 1.68 bits per heavy atom. The first-order valence-electron chi connectivity index (χ1n) is 8.39. The smallest absolute Gasteiger partial charge is 0.182 e.